The number of rotatable bonds is 1. The predicted octanol–water partition coefficient (Wildman–Crippen LogP) is 0.887. The van der Waals surface area contributed by atoms with Crippen LogP contribution in [0.4, 0.5) is 8.78 Å². The maximum atomic E-state index is 13.4. The van der Waals surface area contributed by atoms with Crippen LogP contribution in [0.25, 0.3) is 0 Å². The summed E-state index contributed by atoms with van der Waals surface area (Å²) in [5, 5.41) is 0. The van der Waals surface area contributed by atoms with Gasteiger partial charge in [-0.2, -0.15) is 0 Å². The molecule has 14 heavy (non-hydrogen) atoms. The first-order valence-electron chi connectivity index (χ1n) is 4.66. The third kappa shape index (κ3) is 1.08. The molecule has 2 saturated heterocycles. The Morgan fingerprint density at radius 1 is 1.64 bits per heavy atom. The van der Waals surface area contributed by atoms with Crippen molar-refractivity contribution in [3.8, 4) is 0 Å². The zero-order valence-electron chi connectivity index (χ0n) is 8.17. The molecule has 0 radical (unpaired) electrons. The van der Waals surface area contributed by atoms with Crippen molar-refractivity contribution in [2.45, 2.75) is 31.8 Å². The van der Waals surface area contributed by atoms with Crippen LogP contribution in [-0.2, 0) is 9.53 Å². The van der Waals surface area contributed by atoms with Crippen molar-refractivity contribution in [1.82, 2.24) is 4.90 Å². The maximum absolute atomic E-state index is 13.4. The summed E-state index contributed by atoms with van der Waals surface area (Å²) in [7, 11) is 0. The van der Waals surface area contributed by atoms with Gasteiger partial charge in [0.25, 0.3) is 5.91 Å². The van der Waals surface area contributed by atoms with E-state index in [1.54, 1.807) is 13.8 Å². The SMILES string of the molecule is CC1(C)OC[C@@H]2[C@H](CF)[C@@H](F)C(=O)N21. The molecule has 5 heteroatoms. The second-order valence-electron chi connectivity index (χ2n) is 4.25. The molecule has 0 N–H and O–H groups in total. The largest absolute Gasteiger partial charge is 0.354 e. The first-order chi connectivity index (χ1) is 6.49. The van der Waals surface area contributed by atoms with Crippen molar-refractivity contribution in [2.24, 2.45) is 5.92 Å². The normalized spacial score (nSPS) is 40.4. The van der Waals surface area contributed by atoms with Gasteiger partial charge in [-0.15, -0.1) is 0 Å². The number of nitrogens with zero attached hydrogens (tertiary/aromatic N) is 1. The number of ether oxygens (including phenoxy) is 1. The standard InChI is InChI=1S/C9H13F2NO2/c1-9(2)12-6(4-14-9)5(3-10)7(11)8(12)13/h5-7H,3-4H2,1-2H3/t5-,6+,7+/m0/s1. The lowest BCUT2D eigenvalue weighted by Crippen LogP contribution is -2.44. The van der Waals surface area contributed by atoms with E-state index in [4.69, 9.17) is 4.74 Å². The molecule has 2 aliphatic heterocycles. The van der Waals surface area contributed by atoms with Crippen molar-refractivity contribution >= 4 is 5.91 Å². The number of hydrogen-bond acceptors (Lipinski definition) is 2. The summed E-state index contributed by atoms with van der Waals surface area (Å²) in [6.07, 6.45) is -1.70. The topological polar surface area (TPSA) is 29.5 Å². The van der Waals surface area contributed by atoms with Crippen LogP contribution < -0.4 is 0 Å². The van der Waals surface area contributed by atoms with Crippen molar-refractivity contribution in [3.05, 3.63) is 0 Å². The van der Waals surface area contributed by atoms with E-state index in [1.165, 1.54) is 4.90 Å². The summed E-state index contributed by atoms with van der Waals surface area (Å²) < 4.78 is 31.2. The highest BCUT2D eigenvalue weighted by atomic mass is 19.1. The molecule has 2 rings (SSSR count). The van der Waals surface area contributed by atoms with E-state index < -0.39 is 36.4 Å². The Hall–Kier alpha value is -0.710. The van der Waals surface area contributed by atoms with Crippen LogP contribution in [0.15, 0.2) is 0 Å². The highest BCUT2D eigenvalue weighted by molar-refractivity contribution is 5.85. The van der Waals surface area contributed by atoms with Crippen molar-refractivity contribution in [2.75, 3.05) is 13.3 Å². The quantitative estimate of drug-likeness (QED) is 0.636. The molecule has 3 atom stereocenters. The third-order valence-corrected chi connectivity index (χ3v) is 3.04. The molecular weight excluding hydrogens is 192 g/mol. The molecule has 3 nitrogen and oxygen atoms in total. The Bertz CT molecular complexity index is 270. The van der Waals surface area contributed by atoms with Gasteiger partial charge < -0.3 is 9.64 Å². The van der Waals surface area contributed by atoms with Crippen LogP contribution in [0, 0.1) is 5.92 Å². The smallest absolute Gasteiger partial charge is 0.260 e. The zero-order chi connectivity index (χ0) is 10.5. The van der Waals surface area contributed by atoms with Gasteiger partial charge in [-0.1, -0.05) is 0 Å². The Balaban J connectivity index is 2.30. The van der Waals surface area contributed by atoms with Gasteiger partial charge in [-0.3, -0.25) is 9.18 Å². The Labute approximate surface area is 81.0 Å². The highest BCUT2D eigenvalue weighted by Gasteiger charge is 2.57. The van der Waals surface area contributed by atoms with E-state index >= 15 is 0 Å². The van der Waals surface area contributed by atoms with Gasteiger partial charge in [-0.05, 0) is 13.8 Å². The third-order valence-electron chi connectivity index (χ3n) is 3.04. The molecule has 1 amide bonds. The molecule has 0 aromatic rings. The second kappa shape index (κ2) is 2.89. The lowest BCUT2D eigenvalue weighted by Gasteiger charge is -2.29. The van der Waals surface area contributed by atoms with Crippen LogP contribution >= 0.6 is 0 Å². The number of alkyl halides is 2. The number of halogens is 2. The molecular formula is C9H13F2NO2. The fraction of sp³-hybridized carbons (Fsp3) is 0.889. The molecule has 0 aromatic heterocycles. The predicted molar refractivity (Wildman–Crippen MR) is 45.0 cm³/mol. The van der Waals surface area contributed by atoms with Crippen LogP contribution in [0.5, 0.6) is 0 Å². The fourth-order valence-electron chi connectivity index (χ4n) is 2.27. The van der Waals surface area contributed by atoms with Gasteiger partial charge >= 0.3 is 0 Å². The fourth-order valence-corrected chi connectivity index (χ4v) is 2.27. The van der Waals surface area contributed by atoms with E-state index in [0.717, 1.165) is 0 Å². The molecule has 80 valence electrons. The molecule has 2 aliphatic rings. The lowest BCUT2D eigenvalue weighted by molar-refractivity contribution is -0.145. The first-order valence-corrected chi connectivity index (χ1v) is 4.66. The van der Waals surface area contributed by atoms with E-state index in [1.807, 2.05) is 0 Å². The zero-order valence-corrected chi connectivity index (χ0v) is 8.17. The summed E-state index contributed by atoms with van der Waals surface area (Å²) in [5.41, 5.74) is -0.796. The van der Waals surface area contributed by atoms with Gasteiger partial charge in [0.15, 0.2) is 6.17 Å². The van der Waals surface area contributed by atoms with Crippen LogP contribution in [-0.4, -0.2) is 42.0 Å². The Morgan fingerprint density at radius 3 is 2.86 bits per heavy atom. The summed E-state index contributed by atoms with van der Waals surface area (Å²) in [4.78, 5) is 12.8. The number of fused-ring (bicyclic) bond motifs is 1. The van der Waals surface area contributed by atoms with Crippen LogP contribution in [0.2, 0.25) is 0 Å². The number of hydrogen-bond donors (Lipinski definition) is 0. The van der Waals surface area contributed by atoms with Gasteiger partial charge in [0, 0.05) is 0 Å². The Morgan fingerprint density at radius 2 is 2.29 bits per heavy atom. The Kier molecular flexibility index (Phi) is 2.03. The molecule has 0 unspecified atom stereocenters. The summed E-state index contributed by atoms with van der Waals surface area (Å²) in [6.45, 7) is 2.80. The second-order valence-corrected chi connectivity index (χ2v) is 4.25. The molecule has 2 fully saturated rings. The van der Waals surface area contributed by atoms with E-state index in [9.17, 15) is 13.6 Å². The summed E-state index contributed by atoms with van der Waals surface area (Å²) in [6, 6.07) is -0.433. The average Bonchev–Trinajstić information content (AvgIpc) is 2.53. The average molecular weight is 205 g/mol. The maximum Gasteiger partial charge on any atom is 0.260 e. The van der Waals surface area contributed by atoms with Gasteiger partial charge in [0.05, 0.1) is 25.2 Å². The molecule has 2 heterocycles. The first kappa shape index (κ1) is 9.83. The van der Waals surface area contributed by atoms with Crippen LogP contribution in [0.3, 0.4) is 0 Å². The minimum atomic E-state index is -1.70. The van der Waals surface area contributed by atoms with E-state index in [-0.39, 0.29) is 6.61 Å². The summed E-state index contributed by atoms with van der Waals surface area (Å²) >= 11 is 0. The lowest BCUT2D eigenvalue weighted by atomic mass is 10.0. The molecule has 0 aromatic carbocycles. The molecule has 0 bridgehead atoms. The molecule has 0 aliphatic carbocycles. The number of carbonyl (C=O) groups is 1. The van der Waals surface area contributed by atoms with Gasteiger partial charge in [-0.25, -0.2) is 4.39 Å². The minimum absolute atomic E-state index is 0.230. The van der Waals surface area contributed by atoms with Gasteiger partial charge in [0.2, 0.25) is 0 Å². The van der Waals surface area contributed by atoms with Crippen molar-refractivity contribution in [1.29, 1.82) is 0 Å². The minimum Gasteiger partial charge on any atom is -0.354 e. The van der Waals surface area contributed by atoms with E-state index in [2.05, 4.69) is 0 Å². The summed E-state index contributed by atoms with van der Waals surface area (Å²) in [5.74, 6) is -1.50. The van der Waals surface area contributed by atoms with E-state index in [0.29, 0.717) is 0 Å². The number of amides is 1. The van der Waals surface area contributed by atoms with Crippen molar-refractivity contribution in [3.63, 3.8) is 0 Å². The monoisotopic (exact) mass is 205 g/mol. The van der Waals surface area contributed by atoms with Gasteiger partial charge in [0.1, 0.15) is 5.72 Å². The molecule has 0 saturated carbocycles. The number of carbonyl (C=O) groups excluding carboxylic acids is 1. The molecule has 0 spiro atoms. The highest BCUT2D eigenvalue weighted by Crippen LogP contribution is 2.39. The van der Waals surface area contributed by atoms with Crippen LogP contribution in [0.1, 0.15) is 13.8 Å². The van der Waals surface area contributed by atoms with Crippen molar-refractivity contribution < 1.29 is 18.3 Å².